The van der Waals surface area contributed by atoms with E-state index >= 15 is 0 Å². The van der Waals surface area contributed by atoms with Crippen LogP contribution in [0.25, 0.3) is 0 Å². The van der Waals surface area contributed by atoms with Crippen LogP contribution in [0.3, 0.4) is 0 Å². The number of likely N-dealkylation sites (N-methyl/N-ethyl adjacent to an activating group) is 1. The van der Waals surface area contributed by atoms with Crippen LogP contribution >= 0.6 is 0 Å². The molecule has 0 saturated carbocycles. The van der Waals surface area contributed by atoms with E-state index in [-0.39, 0.29) is 24.0 Å². The second-order valence-corrected chi connectivity index (χ2v) is 4.68. The molecule has 0 N–H and O–H groups in total. The number of amides is 1. The number of hydrogen-bond acceptors (Lipinski definition) is 4. The summed E-state index contributed by atoms with van der Waals surface area (Å²) in [6.45, 7) is 2.63. The van der Waals surface area contributed by atoms with E-state index in [1.54, 1.807) is 19.0 Å². The molecule has 5 heteroatoms. The summed E-state index contributed by atoms with van der Waals surface area (Å²) >= 11 is 0. The number of rotatable bonds is 3. The van der Waals surface area contributed by atoms with Crippen LogP contribution in [0.4, 0.5) is 0 Å². The van der Waals surface area contributed by atoms with Gasteiger partial charge in [-0.2, -0.15) is 0 Å². The molecule has 0 aromatic carbocycles. The van der Waals surface area contributed by atoms with Crippen LogP contribution in [-0.2, 0) is 14.3 Å². The number of hydrogen-bond donors (Lipinski definition) is 0. The summed E-state index contributed by atoms with van der Waals surface area (Å²) in [5, 5.41) is 0. The zero-order valence-corrected chi connectivity index (χ0v) is 11.1. The van der Waals surface area contributed by atoms with E-state index in [0.717, 1.165) is 25.8 Å². The summed E-state index contributed by atoms with van der Waals surface area (Å²) in [7, 11) is 4.86. The molecule has 1 aliphatic heterocycles. The minimum absolute atomic E-state index is 0.0285. The van der Waals surface area contributed by atoms with Crippen LogP contribution in [0, 0.1) is 0 Å². The maximum Gasteiger partial charge on any atom is 0.323 e. The SMILES string of the molecule is COC(=O)C1CCCCN1C(C)C(=O)N(C)C. The maximum absolute atomic E-state index is 11.9. The number of esters is 1. The van der Waals surface area contributed by atoms with Gasteiger partial charge in [-0.1, -0.05) is 6.42 Å². The molecule has 1 saturated heterocycles. The smallest absolute Gasteiger partial charge is 0.323 e. The lowest BCUT2D eigenvalue weighted by Crippen LogP contribution is -2.54. The molecular formula is C12H22N2O3. The van der Waals surface area contributed by atoms with Crippen LogP contribution in [0.1, 0.15) is 26.2 Å². The molecular weight excluding hydrogens is 220 g/mol. The van der Waals surface area contributed by atoms with Gasteiger partial charge in [0.1, 0.15) is 6.04 Å². The molecule has 1 amide bonds. The molecule has 17 heavy (non-hydrogen) atoms. The van der Waals surface area contributed by atoms with Crippen LogP contribution in [0.15, 0.2) is 0 Å². The predicted octanol–water partition coefficient (Wildman–Crippen LogP) is 0.491. The molecule has 2 atom stereocenters. The first kappa shape index (κ1) is 14.0. The molecule has 0 spiro atoms. The Labute approximate surface area is 103 Å². The standard InChI is InChI=1S/C12H22N2O3/c1-9(11(15)13(2)3)14-8-6-5-7-10(14)12(16)17-4/h9-10H,5-8H2,1-4H3. The van der Waals surface area contributed by atoms with Gasteiger partial charge >= 0.3 is 5.97 Å². The van der Waals surface area contributed by atoms with Crippen molar-refractivity contribution >= 4 is 11.9 Å². The Bertz CT molecular complexity index is 291. The van der Waals surface area contributed by atoms with E-state index in [0.29, 0.717) is 0 Å². The van der Waals surface area contributed by atoms with E-state index < -0.39 is 0 Å². The molecule has 0 aromatic rings. The van der Waals surface area contributed by atoms with Gasteiger partial charge in [0, 0.05) is 14.1 Å². The lowest BCUT2D eigenvalue weighted by atomic mass is 10.00. The fourth-order valence-electron chi connectivity index (χ4n) is 2.32. The zero-order valence-electron chi connectivity index (χ0n) is 11.1. The van der Waals surface area contributed by atoms with Gasteiger partial charge in [-0.05, 0) is 26.3 Å². The Balaban J connectivity index is 2.77. The highest BCUT2D eigenvalue weighted by Crippen LogP contribution is 2.21. The molecule has 0 aromatic heterocycles. The fraction of sp³-hybridized carbons (Fsp3) is 0.833. The van der Waals surface area contributed by atoms with Crippen molar-refractivity contribution in [1.82, 2.24) is 9.80 Å². The molecule has 1 aliphatic rings. The Morgan fingerprint density at radius 1 is 1.35 bits per heavy atom. The topological polar surface area (TPSA) is 49.9 Å². The Kier molecular flexibility index (Phi) is 4.93. The van der Waals surface area contributed by atoms with Crippen LogP contribution < -0.4 is 0 Å². The van der Waals surface area contributed by atoms with Gasteiger partial charge in [0.25, 0.3) is 0 Å². The van der Waals surface area contributed by atoms with Gasteiger partial charge in [0.05, 0.1) is 13.2 Å². The van der Waals surface area contributed by atoms with Crippen molar-refractivity contribution in [2.75, 3.05) is 27.7 Å². The first-order valence-electron chi connectivity index (χ1n) is 6.03. The van der Waals surface area contributed by atoms with Crippen molar-refractivity contribution in [3.8, 4) is 0 Å². The van der Waals surface area contributed by atoms with Gasteiger partial charge in [-0.25, -0.2) is 0 Å². The monoisotopic (exact) mass is 242 g/mol. The maximum atomic E-state index is 11.9. The lowest BCUT2D eigenvalue weighted by Gasteiger charge is -2.38. The van der Waals surface area contributed by atoms with Crippen molar-refractivity contribution in [3.05, 3.63) is 0 Å². The third-order valence-electron chi connectivity index (χ3n) is 3.31. The van der Waals surface area contributed by atoms with E-state index in [9.17, 15) is 9.59 Å². The number of methoxy groups -OCH3 is 1. The molecule has 1 fully saturated rings. The highest BCUT2D eigenvalue weighted by molar-refractivity contribution is 5.82. The summed E-state index contributed by atoms with van der Waals surface area (Å²) in [4.78, 5) is 27.1. The highest BCUT2D eigenvalue weighted by Gasteiger charge is 2.35. The minimum atomic E-state index is -0.271. The second kappa shape index (κ2) is 6.00. The van der Waals surface area contributed by atoms with Crippen molar-refractivity contribution < 1.29 is 14.3 Å². The average Bonchev–Trinajstić information content (AvgIpc) is 2.35. The third kappa shape index (κ3) is 3.19. The minimum Gasteiger partial charge on any atom is -0.468 e. The molecule has 1 rings (SSSR count). The van der Waals surface area contributed by atoms with Gasteiger partial charge in [0.15, 0.2) is 0 Å². The number of carbonyl (C=O) groups is 2. The summed E-state index contributed by atoms with van der Waals surface area (Å²) in [6.07, 6.45) is 2.81. The number of ether oxygens (including phenoxy) is 1. The van der Waals surface area contributed by atoms with Crippen LogP contribution in [0.2, 0.25) is 0 Å². The van der Waals surface area contributed by atoms with Crippen molar-refractivity contribution in [2.24, 2.45) is 0 Å². The summed E-state index contributed by atoms with van der Waals surface area (Å²) < 4.78 is 4.80. The summed E-state index contributed by atoms with van der Waals surface area (Å²) in [5.41, 5.74) is 0. The largest absolute Gasteiger partial charge is 0.468 e. The second-order valence-electron chi connectivity index (χ2n) is 4.68. The molecule has 0 radical (unpaired) electrons. The molecule has 2 unspecified atom stereocenters. The Morgan fingerprint density at radius 2 is 2.00 bits per heavy atom. The molecule has 98 valence electrons. The fourth-order valence-corrected chi connectivity index (χ4v) is 2.32. The Morgan fingerprint density at radius 3 is 2.53 bits per heavy atom. The predicted molar refractivity (Wildman–Crippen MR) is 64.5 cm³/mol. The highest BCUT2D eigenvalue weighted by atomic mass is 16.5. The number of carbonyl (C=O) groups excluding carboxylic acids is 2. The first-order chi connectivity index (χ1) is 7.99. The Hall–Kier alpha value is -1.10. The molecule has 1 heterocycles. The van der Waals surface area contributed by atoms with Gasteiger partial charge in [0.2, 0.25) is 5.91 Å². The van der Waals surface area contributed by atoms with E-state index in [1.807, 2.05) is 11.8 Å². The summed E-state index contributed by atoms with van der Waals surface area (Å²) in [6, 6.07) is -0.540. The van der Waals surface area contributed by atoms with Crippen LogP contribution in [-0.4, -0.2) is 61.5 Å². The summed E-state index contributed by atoms with van der Waals surface area (Å²) in [5.74, 6) is -0.205. The molecule has 5 nitrogen and oxygen atoms in total. The van der Waals surface area contributed by atoms with Crippen molar-refractivity contribution in [1.29, 1.82) is 0 Å². The normalized spacial score (nSPS) is 22.9. The molecule has 0 aliphatic carbocycles. The number of nitrogens with zero attached hydrogens (tertiary/aromatic N) is 2. The van der Waals surface area contributed by atoms with E-state index in [1.165, 1.54) is 7.11 Å². The van der Waals surface area contributed by atoms with Crippen LogP contribution in [0.5, 0.6) is 0 Å². The first-order valence-corrected chi connectivity index (χ1v) is 6.03. The molecule has 0 bridgehead atoms. The average molecular weight is 242 g/mol. The number of likely N-dealkylation sites (tertiary alicyclic amines) is 1. The van der Waals surface area contributed by atoms with E-state index in [4.69, 9.17) is 4.74 Å². The van der Waals surface area contributed by atoms with E-state index in [2.05, 4.69) is 0 Å². The van der Waals surface area contributed by atoms with Crippen molar-refractivity contribution in [2.45, 2.75) is 38.3 Å². The third-order valence-corrected chi connectivity index (χ3v) is 3.31. The van der Waals surface area contributed by atoms with Crippen molar-refractivity contribution in [3.63, 3.8) is 0 Å². The van der Waals surface area contributed by atoms with Gasteiger partial charge in [-0.15, -0.1) is 0 Å². The zero-order chi connectivity index (χ0) is 13.0. The number of piperidine rings is 1. The lowest BCUT2D eigenvalue weighted by molar-refractivity contribution is -0.151. The van der Waals surface area contributed by atoms with Gasteiger partial charge < -0.3 is 9.64 Å². The van der Waals surface area contributed by atoms with Gasteiger partial charge in [-0.3, -0.25) is 14.5 Å². The quantitative estimate of drug-likeness (QED) is 0.676.